The minimum absolute atomic E-state index is 0.205. The van der Waals surface area contributed by atoms with E-state index >= 15 is 0 Å². The summed E-state index contributed by atoms with van der Waals surface area (Å²) in [5.41, 5.74) is -0.226. The summed E-state index contributed by atoms with van der Waals surface area (Å²) in [6.45, 7) is 1.59. The van der Waals surface area contributed by atoms with E-state index in [1.165, 1.54) is 18.2 Å². The highest BCUT2D eigenvalue weighted by Crippen LogP contribution is 2.28. The molecule has 20 heavy (non-hydrogen) atoms. The Kier molecular flexibility index (Phi) is 3.65. The third-order valence-electron chi connectivity index (χ3n) is 2.85. The number of benzene rings is 1. The summed E-state index contributed by atoms with van der Waals surface area (Å²) in [7, 11) is -4.55. The first kappa shape index (κ1) is 14.3. The van der Waals surface area contributed by atoms with Gasteiger partial charge in [0.25, 0.3) is 15.7 Å². The second-order valence-electron chi connectivity index (χ2n) is 4.41. The van der Waals surface area contributed by atoms with Crippen LogP contribution in [-0.2, 0) is 10.1 Å². The smallest absolute Gasteiger partial charge is 0.283 e. The van der Waals surface area contributed by atoms with Gasteiger partial charge < -0.3 is 5.21 Å². The quantitative estimate of drug-likeness (QED) is 0.658. The van der Waals surface area contributed by atoms with E-state index in [1.54, 1.807) is 25.1 Å². The van der Waals surface area contributed by atoms with Crippen LogP contribution in [0.15, 0.2) is 47.3 Å². The van der Waals surface area contributed by atoms with Crippen LogP contribution in [0.1, 0.15) is 22.1 Å². The molecule has 1 aromatic heterocycles. The van der Waals surface area contributed by atoms with Crippen molar-refractivity contribution in [2.24, 2.45) is 0 Å². The summed E-state index contributed by atoms with van der Waals surface area (Å²) in [6, 6.07) is 10.4. The van der Waals surface area contributed by atoms with Gasteiger partial charge in [0.15, 0.2) is 5.25 Å². The Labute approximate surface area is 115 Å². The summed E-state index contributed by atoms with van der Waals surface area (Å²) in [4.78, 5) is 11.6. The molecule has 0 bridgehead atoms. The van der Waals surface area contributed by atoms with Gasteiger partial charge in [-0.2, -0.15) is 13.1 Å². The molecular weight excluding hydrogens is 282 g/mol. The first-order valence-electron chi connectivity index (χ1n) is 5.75. The monoisotopic (exact) mass is 295 g/mol. The summed E-state index contributed by atoms with van der Waals surface area (Å²) in [6.07, 6.45) is 0. The summed E-state index contributed by atoms with van der Waals surface area (Å²) < 4.78 is 32.9. The van der Waals surface area contributed by atoms with E-state index in [9.17, 15) is 23.0 Å². The lowest BCUT2D eigenvalue weighted by molar-refractivity contribution is 0.165. The molecule has 1 aromatic carbocycles. The van der Waals surface area contributed by atoms with Crippen LogP contribution in [0, 0.1) is 6.92 Å². The van der Waals surface area contributed by atoms with Gasteiger partial charge in [-0.05, 0) is 24.1 Å². The summed E-state index contributed by atoms with van der Waals surface area (Å²) in [5, 5.41) is 8.22. The fraction of sp³-hybridized carbons (Fsp3) is 0.154. The predicted octanol–water partition coefficient (Wildman–Crippen LogP) is 1.37. The molecule has 2 rings (SSSR count). The summed E-state index contributed by atoms with van der Waals surface area (Å²) >= 11 is 0. The SMILES string of the molecule is Cc1cc(C(c2ccccc2)S(=O)(=O)O)n(O)c(=O)c1. The highest BCUT2D eigenvalue weighted by molar-refractivity contribution is 7.86. The summed E-state index contributed by atoms with van der Waals surface area (Å²) in [5.74, 6) is 0. The van der Waals surface area contributed by atoms with Crippen molar-refractivity contribution in [3.8, 4) is 0 Å². The van der Waals surface area contributed by atoms with Crippen LogP contribution >= 0.6 is 0 Å². The highest BCUT2D eigenvalue weighted by atomic mass is 32.2. The minimum Gasteiger partial charge on any atom is -0.425 e. The molecule has 0 aliphatic rings. The molecule has 1 unspecified atom stereocenters. The van der Waals surface area contributed by atoms with Gasteiger partial charge in [-0.3, -0.25) is 9.35 Å². The van der Waals surface area contributed by atoms with E-state index in [0.29, 0.717) is 5.56 Å². The van der Waals surface area contributed by atoms with Crippen molar-refractivity contribution < 1.29 is 18.2 Å². The van der Waals surface area contributed by atoms with Crippen LogP contribution in [0.4, 0.5) is 0 Å². The Hall–Kier alpha value is -2.12. The Bertz CT molecular complexity index is 780. The molecule has 2 N–H and O–H groups in total. The molecule has 0 saturated carbocycles. The normalized spacial score (nSPS) is 13.1. The molecular formula is C13H13NO5S. The zero-order valence-electron chi connectivity index (χ0n) is 10.6. The molecule has 0 radical (unpaired) electrons. The van der Waals surface area contributed by atoms with Crippen LogP contribution < -0.4 is 5.56 Å². The van der Waals surface area contributed by atoms with Gasteiger partial charge in [-0.15, -0.1) is 0 Å². The van der Waals surface area contributed by atoms with Crippen molar-refractivity contribution in [1.29, 1.82) is 0 Å². The third kappa shape index (κ3) is 2.73. The molecule has 1 heterocycles. The number of hydrogen-bond acceptors (Lipinski definition) is 4. The maximum Gasteiger partial charge on any atom is 0.283 e. The van der Waals surface area contributed by atoms with E-state index in [-0.39, 0.29) is 16.0 Å². The Morgan fingerprint density at radius 2 is 1.75 bits per heavy atom. The fourth-order valence-corrected chi connectivity index (χ4v) is 3.00. The van der Waals surface area contributed by atoms with E-state index < -0.39 is 20.9 Å². The van der Waals surface area contributed by atoms with Crippen molar-refractivity contribution >= 4 is 10.1 Å². The third-order valence-corrected chi connectivity index (χ3v) is 3.96. The van der Waals surface area contributed by atoms with Gasteiger partial charge in [-0.1, -0.05) is 30.3 Å². The molecule has 0 aliphatic carbocycles. The fourth-order valence-electron chi connectivity index (χ4n) is 2.03. The van der Waals surface area contributed by atoms with Crippen molar-refractivity contribution in [3.05, 3.63) is 69.6 Å². The number of rotatable bonds is 3. The average molecular weight is 295 g/mol. The first-order chi connectivity index (χ1) is 9.30. The molecule has 7 heteroatoms. The van der Waals surface area contributed by atoms with Crippen molar-refractivity contribution in [2.45, 2.75) is 12.2 Å². The highest BCUT2D eigenvalue weighted by Gasteiger charge is 2.30. The number of pyridine rings is 1. The molecule has 0 amide bonds. The second kappa shape index (κ2) is 5.10. The van der Waals surface area contributed by atoms with E-state index in [4.69, 9.17) is 0 Å². The zero-order valence-corrected chi connectivity index (χ0v) is 11.4. The Morgan fingerprint density at radius 3 is 2.30 bits per heavy atom. The number of aromatic nitrogens is 1. The number of nitrogens with zero attached hydrogens (tertiary/aromatic N) is 1. The Balaban J connectivity index is 2.76. The van der Waals surface area contributed by atoms with E-state index in [2.05, 4.69) is 0 Å². The van der Waals surface area contributed by atoms with Gasteiger partial charge in [0.05, 0.1) is 5.69 Å². The molecule has 2 aromatic rings. The predicted molar refractivity (Wildman–Crippen MR) is 72.5 cm³/mol. The van der Waals surface area contributed by atoms with Crippen LogP contribution in [0.3, 0.4) is 0 Å². The molecule has 106 valence electrons. The van der Waals surface area contributed by atoms with Crippen molar-refractivity contribution in [1.82, 2.24) is 4.73 Å². The van der Waals surface area contributed by atoms with Crippen molar-refractivity contribution in [2.75, 3.05) is 0 Å². The lowest BCUT2D eigenvalue weighted by Gasteiger charge is -2.17. The average Bonchev–Trinajstić information content (AvgIpc) is 2.35. The van der Waals surface area contributed by atoms with E-state index in [1.807, 2.05) is 0 Å². The minimum atomic E-state index is -4.55. The van der Waals surface area contributed by atoms with Gasteiger partial charge in [-0.25, -0.2) is 0 Å². The van der Waals surface area contributed by atoms with Gasteiger partial charge in [0.1, 0.15) is 0 Å². The van der Waals surface area contributed by atoms with Crippen molar-refractivity contribution in [3.63, 3.8) is 0 Å². The lowest BCUT2D eigenvalue weighted by atomic mass is 10.1. The molecule has 0 saturated heterocycles. The van der Waals surface area contributed by atoms with Gasteiger partial charge in [0, 0.05) is 6.07 Å². The van der Waals surface area contributed by atoms with Crippen LogP contribution in [-0.4, -0.2) is 22.9 Å². The second-order valence-corrected chi connectivity index (χ2v) is 5.91. The zero-order chi connectivity index (χ0) is 14.9. The largest absolute Gasteiger partial charge is 0.425 e. The van der Waals surface area contributed by atoms with Crippen LogP contribution in [0.25, 0.3) is 0 Å². The first-order valence-corrected chi connectivity index (χ1v) is 7.25. The molecule has 6 nitrogen and oxygen atoms in total. The molecule has 1 atom stereocenters. The van der Waals surface area contributed by atoms with Crippen LogP contribution in [0.2, 0.25) is 0 Å². The van der Waals surface area contributed by atoms with E-state index in [0.717, 1.165) is 6.07 Å². The number of aryl methyl sites for hydroxylation is 1. The van der Waals surface area contributed by atoms with Gasteiger partial charge >= 0.3 is 0 Å². The molecule has 0 spiro atoms. The molecule has 0 fully saturated rings. The maximum atomic E-state index is 11.6. The number of hydrogen-bond donors (Lipinski definition) is 2. The lowest BCUT2D eigenvalue weighted by Crippen LogP contribution is -2.26. The topological polar surface area (TPSA) is 96.6 Å². The maximum absolute atomic E-state index is 11.6. The Morgan fingerprint density at radius 1 is 1.15 bits per heavy atom. The van der Waals surface area contributed by atoms with Crippen LogP contribution in [0.5, 0.6) is 0 Å². The molecule has 0 aliphatic heterocycles. The van der Waals surface area contributed by atoms with Gasteiger partial charge in [0.2, 0.25) is 0 Å². The standard InChI is InChI=1S/C13H13NO5S/c1-9-7-11(14(16)12(15)8-9)13(20(17,18)19)10-5-3-2-4-6-10/h2-8,13,16H,1H3,(H,17,18,19).